The second kappa shape index (κ2) is 9.06. The summed E-state index contributed by atoms with van der Waals surface area (Å²) in [5.41, 5.74) is 1.88. The minimum Gasteiger partial charge on any atom is -0.494 e. The maximum absolute atomic E-state index is 12.8. The fourth-order valence-corrected chi connectivity index (χ4v) is 3.96. The molecule has 2 aromatic rings. The van der Waals surface area contributed by atoms with Gasteiger partial charge in [0.25, 0.3) is 5.91 Å². The highest BCUT2D eigenvalue weighted by atomic mass is 32.2. The zero-order valence-corrected chi connectivity index (χ0v) is 16.9. The summed E-state index contributed by atoms with van der Waals surface area (Å²) in [6.07, 6.45) is 1.84. The molecule has 1 heterocycles. The highest BCUT2D eigenvalue weighted by molar-refractivity contribution is 8.26. The van der Waals surface area contributed by atoms with Crippen LogP contribution in [0.5, 0.6) is 11.5 Å². The quantitative estimate of drug-likeness (QED) is 0.490. The number of carbonyl (C=O) groups excluding carboxylic acids is 1. The van der Waals surface area contributed by atoms with E-state index in [4.69, 9.17) is 21.7 Å². The van der Waals surface area contributed by atoms with Crippen LogP contribution in [-0.2, 0) is 11.3 Å². The normalized spacial score (nSPS) is 15.5. The second-order valence-electron chi connectivity index (χ2n) is 5.82. The lowest BCUT2D eigenvalue weighted by Gasteiger charge is -2.14. The fourth-order valence-electron chi connectivity index (χ4n) is 2.71. The number of amides is 1. The summed E-state index contributed by atoms with van der Waals surface area (Å²) in [6, 6.07) is 15.5. The molecule has 1 fully saturated rings. The van der Waals surface area contributed by atoms with Crippen molar-refractivity contribution in [3.8, 4) is 11.5 Å². The molecule has 1 amide bonds. The summed E-state index contributed by atoms with van der Waals surface area (Å²) >= 11 is 6.74. The van der Waals surface area contributed by atoms with E-state index in [2.05, 4.69) is 0 Å². The summed E-state index contributed by atoms with van der Waals surface area (Å²) in [5, 5.41) is 0. The Labute approximate surface area is 169 Å². The van der Waals surface area contributed by atoms with E-state index in [1.54, 1.807) is 4.90 Å². The van der Waals surface area contributed by atoms with Gasteiger partial charge in [-0.05, 0) is 37.6 Å². The lowest BCUT2D eigenvalue weighted by Crippen LogP contribution is -2.27. The third kappa shape index (κ3) is 4.70. The molecule has 1 aliphatic rings. The van der Waals surface area contributed by atoms with E-state index < -0.39 is 0 Å². The van der Waals surface area contributed by atoms with Gasteiger partial charge in [0, 0.05) is 11.6 Å². The maximum Gasteiger partial charge on any atom is 0.266 e. The molecule has 140 valence electrons. The van der Waals surface area contributed by atoms with Gasteiger partial charge in [-0.2, -0.15) is 0 Å². The Morgan fingerprint density at radius 2 is 1.81 bits per heavy atom. The number of ether oxygens (including phenoxy) is 2. The topological polar surface area (TPSA) is 38.8 Å². The zero-order valence-electron chi connectivity index (χ0n) is 15.3. The van der Waals surface area contributed by atoms with Crippen LogP contribution in [0.2, 0.25) is 0 Å². The van der Waals surface area contributed by atoms with Crippen LogP contribution >= 0.6 is 24.0 Å². The van der Waals surface area contributed by atoms with E-state index >= 15 is 0 Å². The van der Waals surface area contributed by atoms with Gasteiger partial charge >= 0.3 is 0 Å². The van der Waals surface area contributed by atoms with Crippen LogP contribution in [0.4, 0.5) is 0 Å². The molecule has 0 radical (unpaired) electrons. The molecule has 1 aliphatic heterocycles. The number of benzene rings is 2. The third-order valence-electron chi connectivity index (χ3n) is 3.94. The van der Waals surface area contributed by atoms with Crippen molar-refractivity contribution in [2.75, 3.05) is 13.2 Å². The van der Waals surface area contributed by atoms with Crippen LogP contribution in [0.1, 0.15) is 25.0 Å². The summed E-state index contributed by atoms with van der Waals surface area (Å²) in [7, 11) is 0. The molecule has 0 atom stereocenters. The van der Waals surface area contributed by atoms with Crippen LogP contribution in [0, 0.1) is 0 Å². The first-order valence-electron chi connectivity index (χ1n) is 8.81. The van der Waals surface area contributed by atoms with Crippen molar-refractivity contribution in [3.63, 3.8) is 0 Å². The van der Waals surface area contributed by atoms with Crippen LogP contribution in [0.3, 0.4) is 0 Å². The molecule has 0 bridgehead atoms. The number of thioether (sulfide) groups is 1. The predicted molar refractivity (Wildman–Crippen MR) is 114 cm³/mol. The van der Waals surface area contributed by atoms with Gasteiger partial charge < -0.3 is 9.47 Å². The van der Waals surface area contributed by atoms with Crippen molar-refractivity contribution in [2.45, 2.75) is 20.4 Å². The first kappa shape index (κ1) is 19.5. The van der Waals surface area contributed by atoms with Crippen LogP contribution in [0.25, 0.3) is 6.08 Å². The van der Waals surface area contributed by atoms with Crippen molar-refractivity contribution in [2.24, 2.45) is 0 Å². The summed E-state index contributed by atoms with van der Waals surface area (Å²) in [6.45, 7) is 5.46. The molecule has 4 nitrogen and oxygen atoms in total. The van der Waals surface area contributed by atoms with Gasteiger partial charge in [0.2, 0.25) is 0 Å². The first-order chi connectivity index (χ1) is 13.1. The van der Waals surface area contributed by atoms with Crippen molar-refractivity contribution in [3.05, 3.63) is 64.6 Å². The van der Waals surface area contributed by atoms with Gasteiger partial charge in [0.1, 0.15) is 15.8 Å². The summed E-state index contributed by atoms with van der Waals surface area (Å²) in [5.74, 6) is 1.36. The maximum atomic E-state index is 12.8. The molecule has 1 saturated heterocycles. The van der Waals surface area contributed by atoms with Gasteiger partial charge in [0.15, 0.2) is 0 Å². The fraction of sp³-hybridized carbons (Fsp3) is 0.238. The van der Waals surface area contributed by atoms with Gasteiger partial charge in [0.05, 0.1) is 24.7 Å². The van der Waals surface area contributed by atoms with Crippen LogP contribution in [0.15, 0.2) is 53.4 Å². The van der Waals surface area contributed by atoms with Gasteiger partial charge in [-0.1, -0.05) is 54.3 Å². The third-order valence-corrected chi connectivity index (χ3v) is 5.32. The number of rotatable bonds is 7. The van der Waals surface area contributed by atoms with E-state index in [0.717, 1.165) is 16.9 Å². The Morgan fingerprint density at radius 1 is 1.07 bits per heavy atom. The van der Waals surface area contributed by atoms with Gasteiger partial charge in [-0.15, -0.1) is 0 Å². The second-order valence-corrected chi connectivity index (χ2v) is 7.49. The number of thiocarbonyl (C=S) groups is 1. The Kier molecular flexibility index (Phi) is 6.53. The average Bonchev–Trinajstić information content (AvgIpc) is 2.93. The first-order valence-corrected chi connectivity index (χ1v) is 10.0. The molecule has 0 N–H and O–H groups in total. The van der Waals surface area contributed by atoms with E-state index in [0.29, 0.717) is 34.7 Å². The van der Waals surface area contributed by atoms with E-state index in [1.807, 2.05) is 68.5 Å². The molecular weight excluding hydrogens is 378 g/mol. The summed E-state index contributed by atoms with van der Waals surface area (Å²) in [4.78, 5) is 15.1. The smallest absolute Gasteiger partial charge is 0.266 e. The van der Waals surface area contributed by atoms with Crippen molar-refractivity contribution < 1.29 is 14.3 Å². The molecule has 3 rings (SSSR count). The molecule has 27 heavy (non-hydrogen) atoms. The molecule has 0 saturated carbocycles. The standard InChI is InChI=1S/C21H21NO3S2/c1-3-24-17-11-10-16(18(13-17)25-4-2)12-19-20(23)22(21(26)27-19)14-15-8-6-5-7-9-15/h5-13H,3-4,14H2,1-2H3/b19-12+. The lowest BCUT2D eigenvalue weighted by atomic mass is 10.1. The number of carbonyl (C=O) groups is 1. The van der Waals surface area contributed by atoms with Crippen molar-refractivity contribution in [1.82, 2.24) is 4.90 Å². The average molecular weight is 400 g/mol. The Hall–Kier alpha value is -2.31. The molecule has 6 heteroatoms. The van der Waals surface area contributed by atoms with E-state index in [1.165, 1.54) is 11.8 Å². The van der Waals surface area contributed by atoms with Crippen molar-refractivity contribution in [1.29, 1.82) is 0 Å². The Morgan fingerprint density at radius 3 is 2.52 bits per heavy atom. The van der Waals surface area contributed by atoms with Crippen molar-refractivity contribution >= 4 is 40.3 Å². The van der Waals surface area contributed by atoms with Gasteiger partial charge in [-0.3, -0.25) is 9.69 Å². The van der Waals surface area contributed by atoms with Crippen LogP contribution in [-0.4, -0.2) is 28.3 Å². The minimum absolute atomic E-state index is 0.0785. The highest BCUT2D eigenvalue weighted by Crippen LogP contribution is 2.36. The molecule has 0 aliphatic carbocycles. The van der Waals surface area contributed by atoms with E-state index in [-0.39, 0.29) is 5.91 Å². The number of hydrogen-bond donors (Lipinski definition) is 0. The summed E-state index contributed by atoms with van der Waals surface area (Å²) < 4.78 is 11.8. The minimum atomic E-state index is -0.0785. The van der Waals surface area contributed by atoms with Gasteiger partial charge in [-0.25, -0.2) is 0 Å². The predicted octanol–water partition coefficient (Wildman–Crippen LogP) is 4.89. The monoisotopic (exact) mass is 399 g/mol. The molecule has 0 unspecified atom stereocenters. The highest BCUT2D eigenvalue weighted by Gasteiger charge is 2.32. The molecular formula is C21H21NO3S2. The lowest BCUT2D eigenvalue weighted by molar-refractivity contribution is -0.122. The number of nitrogens with zero attached hydrogens (tertiary/aromatic N) is 1. The SMILES string of the molecule is CCOc1ccc(/C=C2/SC(=S)N(Cc3ccccc3)C2=O)c(OCC)c1. The molecule has 2 aromatic carbocycles. The van der Waals surface area contributed by atoms with Crippen LogP contribution < -0.4 is 9.47 Å². The molecule has 0 spiro atoms. The van der Waals surface area contributed by atoms with E-state index in [9.17, 15) is 4.79 Å². The zero-order chi connectivity index (χ0) is 19.2. The molecule has 0 aromatic heterocycles. The largest absolute Gasteiger partial charge is 0.494 e. The Bertz CT molecular complexity index is 865. The Balaban J connectivity index is 1.84. The number of hydrogen-bond acceptors (Lipinski definition) is 5.